The van der Waals surface area contributed by atoms with Crippen LogP contribution in [0.1, 0.15) is 18.0 Å². The quantitative estimate of drug-likeness (QED) is 0.911. The lowest BCUT2D eigenvalue weighted by Gasteiger charge is -2.16. The van der Waals surface area contributed by atoms with Crippen molar-refractivity contribution in [2.24, 2.45) is 10.8 Å². The van der Waals surface area contributed by atoms with Gasteiger partial charge < -0.3 is 15.9 Å². The summed E-state index contributed by atoms with van der Waals surface area (Å²) in [5.74, 6) is 1.06. The van der Waals surface area contributed by atoms with Crippen LogP contribution in [0.4, 0.5) is 4.39 Å². The Morgan fingerprint density at radius 2 is 2.00 bits per heavy atom. The van der Waals surface area contributed by atoms with Gasteiger partial charge in [-0.15, -0.1) is 0 Å². The van der Waals surface area contributed by atoms with Crippen LogP contribution in [0, 0.1) is 5.82 Å². The summed E-state index contributed by atoms with van der Waals surface area (Å²) in [4.78, 5) is 0. The largest absolute Gasteiger partial charge is 0.497 e. The molecule has 0 saturated heterocycles. The maximum atomic E-state index is 13.6. The number of nitrogens with two attached hydrogens (primary N) is 1. The molecular weight excluding hydrogens is 269 g/mol. The van der Waals surface area contributed by atoms with E-state index in [4.69, 9.17) is 10.5 Å². The molecule has 3 N–H and O–H groups in total. The Bertz CT molecular complexity index is 682. The maximum absolute atomic E-state index is 13.6. The minimum atomic E-state index is -0.267. The second-order valence-electron chi connectivity index (χ2n) is 4.95. The van der Waals surface area contributed by atoms with Gasteiger partial charge in [0.2, 0.25) is 0 Å². The smallest absolute Gasteiger partial charge is 0.123 e. The molecule has 1 aliphatic rings. The predicted octanol–water partition coefficient (Wildman–Crippen LogP) is 2.81. The van der Waals surface area contributed by atoms with Crippen LogP contribution >= 0.6 is 0 Å². The molecule has 0 amide bonds. The van der Waals surface area contributed by atoms with Crippen LogP contribution in [0.25, 0.3) is 11.1 Å². The van der Waals surface area contributed by atoms with Crippen LogP contribution in [0.3, 0.4) is 0 Å². The van der Waals surface area contributed by atoms with Gasteiger partial charge in [0, 0.05) is 6.42 Å². The lowest BCUT2D eigenvalue weighted by atomic mass is 9.93. The Kier molecular flexibility index (Phi) is 3.48. The molecule has 21 heavy (non-hydrogen) atoms. The number of benzene rings is 2. The fraction of sp³-hybridized carbons (Fsp3) is 0.188. The number of hydrogen-bond donors (Lipinski definition) is 2. The van der Waals surface area contributed by atoms with Crippen LogP contribution in [0.15, 0.2) is 47.6 Å². The minimum absolute atomic E-state index is 0.0253. The Labute approximate surface area is 122 Å². The molecular formula is C16H16FN3O. The van der Waals surface area contributed by atoms with Crippen molar-refractivity contribution in [3.63, 3.8) is 0 Å². The number of halogens is 1. The van der Waals surface area contributed by atoms with Crippen molar-refractivity contribution in [1.29, 1.82) is 0 Å². The summed E-state index contributed by atoms with van der Waals surface area (Å²) in [6, 6.07) is 12.3. The predicted molar refractivity (Wildman–Crippen MR) is 80.5 cm³/mol. The minimum Gasteiger partial charge on any atom is -0.497 e. The highest BCUT2D eigenvalue weighted by atomic mass is 19.1. The highest BCUT2D eigenvalue weighted by molar-refractivity contribution is 5.83. The zero-order chi connectivity index (χ0) is 14.8. The molecule has 1 aliphatic heterocycles. The van der Waals surface area contributed by atoms with Gasteiger partial charge in [-0.25, -0.2) is 4.39 Å². The van der Waals surface area contributed by atoms with Crippen LogP contribution in [-0.4, -0.2) is 12.9 Å². The molecule has 0 radical (unpaired) electrons. The summed E-state index contributed by atoms with van der Waals surface area (Å²) in [7, 11) is 1.62. The number of amidine groups is 1. The van der Waals surface area contributed by atoms with Crippen molar-refractivity contribution in [3.8, 4) is 16.9 Å². The summed E-state index contributed by atoms with van der Waals surface area (Å²) in [6.07, 6.45) is 0.620. The molecule has 0 bridgehead atoms. The Hall–Kier alpha value is -2.56. The molecule has 0 saturated carbocycles. The standard InChI is InChI=1S/C16H16FN3O/c1-21-12-5-2-10(3-6-12)14-8-11(17)4-7-13(14)15-9-16(18)20-19-15/h2-8,15,19H,9H2,1H3,(H2,18,20). The highest BCUT2D eigenvalue weighted by Gasteiger charge is 2.21. The summed E-state index contributed by atoms with van der Waals surface area (Å²) >= 11 is 0. The number of hydrazone groups is 1. The van der Waals surface area contributed by atoms with Crippen molar-refractivity contribution >= 4 is 5.84 Å². The van der Waals surface area contributed by atoms with Gasteiger partial charge in [-0.2, -0.15) is 5.10 Å². The first-order valence-electron chi connectivity index (χ1n) is 6.69. The van der Waals surface area contributed by atoms with E-state index in [0.29, 0.717) is 12.3 Å². The first-order valence-corrected chi connectivity index (χ1v) is 6.69. The van der Waals surface area contributed by atoms with Crippen molar-refractivity contribution in [2.75, 3.05) is 7.11 Å². The van der Waals surface area contributed by atoms with Gasteiger partial charge in [0.15, 0.2) is 0 Å². The molecule has 0 aliphatic carbocycles. The number of ether oxygens (including phenoxy) is 1. The highest BCUT2D eigenvalue weighted by Crippen LogP contribution is 2.32. The lowest BCUT2D eigenvalue weighted by Crippen LogP contribution is -2.13. The Morgan fingerprint density at radius 3 is 2.62 bits per heavy atom. The van der Waals surface area contributed by atoms with E-state index in [-0.39, 0.29) is 11.9 Å². The summed E-state index contributed by atoms with van der Waals surface area (Å²) < 4.78 is 18.8. The van der Waals surface area contributed by atoms with Crippen molar-refractivity contribution in [3.05, 3.63) is 53.8 Å². The fourth-order valence-corrected chi connectivity index (χ4v) is 2.49. The third-order valence-corrected chi connectivity index (χ3v) is 3.57. The topological polar surface area (TPSA) is 59.6 Å². The second kappa shape index (κ2) is 5.44. The third kappa shape index (κ3) is 2.67. The molecule has 3 rings (SSSR count). The van der Waals surface area contributed by atoms with Gasteiger partial charge in [0.05, 0.1) is 13.2 Å². The Balaban J connectivity index is 2.01. The zero-order valence-electron chi connectivity index (χ0n) is 11.6. The summed E-state index contributed by atoms with van der Waals surface area (Å²) in [5.41, 5.74) is 11.4. The van der Waals surface area contributed by atoms with E-state index in [1.807, 2.05) is 24.3 Å². The van der Waals surface area contributed by atoms with E-state index in [1.54, 1.807) is 13.2 Å². The molecule has 108 valence electrons. The van der Waals surface area contributed by atoms with Crippen molar-refractivity contribution < 1.29 is 9.13 Å². The van der Waals surface area contributed by atoms with E-state index in [2.05, 4.69) is 10.5 Å². The summed E-state index contributed by atoms with van der Waals surface area (Å²) in [6.45, 7) is 0. The number of methoxy groups -OCH3 is 1. The Morgan fingerprint density at radius 1 is 1.24 bits per heavy atom. The molecule has 2 aromatic carbocycles. The van der Waals surface area contributed by atoms with Gasteiger partial charge in [-0.05, 0) is 41.0 Å². The monoisotopic (exact) mass is 285 g/mol. The van der Waals surface area contributed by atoms with Crippen molar-refractivity contribution in [1.82, 2.24) is 5.43 Å². The first kappa shape index (κ1) is 13.4. The SMILES string of the molecule is COc1ccc(-c2cc(F)ccc2C2CC(N)=NN2)cc1. The normalized spacial score (nSPS) is 17.2. The number of hydrogen-bond acceptors (Lipinski definition) is 4. The van der Waals surface area contributed by atoms with Crippen LogP contribution in [-0.2, 0) is 0 Å². The van der Waals surface area contributed by atoms with Crippen LogP contribution in [0.2, 0.25) is 0 Å². The lowest BCUT2D eigenvalue weighted by molar-refractivity contribution is 0.415. The van der Waals surface area contributed by atoms with E-state index < -0.39 is 0 Å². The summed E-state index contributed by atoms with van der Waals surface area (Å²) in [5, 5.41) is 4.01. The molecule has 4 nitrogen and oxygen atoms in total. The van der Waals surface area contributed by atoms with E-state index in [9.17, 15) is 4.39 Å². The van der Waals surface area contributed by atoms with Gasteiger partial charge in [-0.3, -0.25) is 0 Å². The molecule has 0 aromatic heterocycles. The van der Waals surface area contributed by atoms with Crippen LogP contribution < -0.4 is 15.9 Å². The number of rotatable bonds is 3. The average Bonchev–Trinajstić information content (AvgIpc) is 2.93. The molecule has 0 fully saturated rings. The van der Waals surface area contributed by atoms with Crippen LogP contribution in [0.5, 0.6) is 5.75 Å². The molecule has 1 heterocycles. The first-order chi connectivity index (χ1) is 10.2. The zero-order valence-corrected chi connectivity index (χ0v) is 11.6. The molecule has 1 unspecified atom stereocenters. The van der Waals surface area contributed by atoms with Gasteiger partial charge in [0.25, 0.3) is 0 Å². The second-order valence-corrected chi connectivity index (χ2v) is 4.95. The maximum Gasteiger partial charge on any atom is 0.123 e. The van der Waals surface area contributed by atoms with Gasteiger partial charge >= 0.3 is 0 Å². The molecule has 5 heteroatoms. The van der Waals surface area contributed by atoms with Gasteiger partial charge in [-0.1, -0.05) is 18.2 Å². The average molecular weight is 285 g/mol. The number of nitrogens with zero attached hydrogens (tertiary/aromatic N) is 1. The van der Waals surface area contributed by atoms with Crippen molar-refractivity contribution in [2.45, 2.75) is 12.5 Å². The molecule has 2 aromatic rings. The van der Waals surface area contributed by atoms with E-state index in [1.165, 1.54) is 12.1 Å². The third-order valence-electron chi connectivity index (χ3n) is 3.57. The van der Waals surface area contributed by atoms with E-state index in [0.717, 1.165) is 22.4 Å². The van der Waals surface area contributed by atoms with Gasteiger partial charge in [0.1, 0.15) is 17.4 Å². The van der Waals surface area contributed by atoms with E-state index >= 15 is 0 Å². The fourth-order valence-electron chi connectivity index (χ4n) is 2.49. The molecule has 1 atom stereocenters. The molecule has 0 spiro atoms. The number of nitrogens with one attached hydrogen (secondary N) is 1.